The van der Waals surface area contributed by atoms with E-state index in [-0.39, 0.29) is 11.6 Å². The molecular formula is C14H19BrFNO. The SMILES string of the molecule is CC(CCN)CCC(=O)Cc1cc(F)cc(Br)c1. The van der Waals surface area contributed by atoms with E-state index in [2.05, 4.69) is 22.9 Å². The molecule has 0 saturated carbocycles. The van der Waals surface area contributed by atoms with Crippen LogP contribution in [0.2, 0.25) is 0 Å². The number of halogens is 2. The number of nitrogens with two attached hydrogens (primary N) is 1. The zero-order valence-electron chi connectivity index (χ0n) is 10.6. The topological polar surface area (TPSA) is 43.1 Å². The standard InChI is InChI=1S/C14H19BrFNO/c1-10(4-5-17)2-3-14(18)8-11-6-12(15)9-13(16)7-11/h6-7,9-10H,2-5,8,17H2,1H3. The van der Waals surface area contributed by atoms with Crippen LogP contribution in [0.5, 0.6) is 0 Å². The van der Waals surface area contributed by atoms with E-state index in [9.17, 15) is 9.18 Å². The van der Waals surface area contributed by atoms with Crippen LogP contribution in [0.1, 0.15) is 31.7 Å². The van der Waals surface area contributed by atoms with Crippen molar-refractivity contribution in [2.75, 3.05) is 6.54 Å². The molecule has 1 aromatic carbocycles. The van der Waals surface area contributed by atoms with E-state index in [1.165, 1.54) is 12.1 Å². The summed E-state index contributed by atoms with van der Waals surface area (Å²) in [5, 5.41) is 0. The molecule has 0 aromatic heterocycles. The van der Waals surface area contributed by atoms with E-state index >= 15 is 0 Å². The van der Waals surface area contributed by atoms with Gasteiger partial charge in [-0.1, -0.05) is 22.9 Å². The first kappa shape index (κ1) is 15.3. The summed E-state index contributed by atoms with van der Waals surface area (Å²) in [5.74, 6) is 0.304. The van der Waals surface area contributed by atoms with Gasteiger partial charge < -0.3 is 5.73 Å². The van der Waals surface area contributed by atoms with E-state index in [1.807, 2.05) is 0 Å². The first-order valence-corrected chi connectivity index (χ1v) is 6.97. The van der Waals surface area contributed by atoms with E-state index in [4.69, 9.17) is 5.73 Å². The fourth-order valence-corrected chi connectivity index (χ4v) is 2.38. The summed E-state index contributed by atoms with van der Waals surface area (Å²) >= 11 is 3.22. The minimum Gasteiger partial charge on any atom is -0.330 e. The lowest BCUT2D eigenvalue weighted by Gasteiger charge is -2.09. The van der Waals surface area contributed by atoms with Gasteiger partial charge in [0.1, 0.15) is 11.6 Å². The number of Topliss-reactive ketones (excluding diaryl/α,β-unsaturated/α-hetero) is 1. The molecule has 2 nitrogen and oxygen atoms in total. The second kappa shape index (κ2) is 7.64. The molecule has 1 unspecified atom stereocenters. The van der Waals surface area contributed by atoms with E-state index in [1.54, 1.807) is 6.07 Å². The Bertz CT molecular complexity index is 389. The van der Waals surface area contributed by atoms with Crippen molar-refractivity contribution in [3.63, 3.8) is 0 Å². The third-order valence-corrected chi connectivity index (χ3v) is 3.36. The summed E-state index contributed by atoms with van der Waals surface area (Å²) in [7, 11) is 0. The van der Waals surface area contributed by atoms with Gasteiger partial charge in [0.05, 0.1) is 0 Å². The van der Waals surface area contributed by atoms with E-state index < -0.39 is 0 Å². The summed E-state index contributed by atoms with van der Waals surface area (Å²) in [6, 6.07) is 4.58. The maximum atomic E-state index is 13.1. The van der Waals surface area contributed by atoms with Crippen LogP contribution in [0, 0.1) is 11.7 Å². The highest BCUT2D eigenvalue weighted by atomic mass is 79.9. The molecule has 0 spiro atoms. The smallest absolute Gasteiger partial charge is 0.137 e. The molecule has 1 aromatic rings. The van der Waals surface area contributed by atoms with E-state index in [0.717, 1.165) is 18.4 Å². The summed E-state index contributed by atoms with van der Waals surface area (Å²) in [4.78, 5) is 11.8. The Kier molecular flexibility index (Phi) is 6.50. The quantitative estimate of drug-likeness (QED) is 0.837. The fraction of sp³-hybridized carbons (Fsp3) is 0.500. The van der Waals surface area contributed by atoms with Crippen LogP contribution in [0.3, 0.4) is 0 Å². The zero-order valence-corrected chi connectivity index (χ0v) is 12.2. The normalized spacial score (nSPS) is 12.4. The van der Waals surface area contributed by atoms with Crippen LogP contribution in [0.15, 0.2) is 22.7 Å². The molecule has 0 fully saturated rings. The second-order valence-corrected chi connectivity index (χ2v) is 5.63. The molecule has 0 bridgehead atoms. The molecule has 0 aliphatic carbocycles. The Balaban J connectivity index is 2.44. The number of carbonyl (C=O) groups is 1. The maximum Gasteiger partial charge on any atom is 0.137 e. The number of ketones is 1. The molecule has 0 radical (unpaired) electrons. The molecule has 2 N–H and O–H groups in total. The zero-order chi connectivity index (χ0) is 13.5. The lowest BCUT2D eigenvalue weighted by atomic mass is 9.98. The van der Waals surface area contributed by atoms with Crippen molar-refractivity contribution < 1.29 is 9.18 Å². The van der Waals surface area contributed by atoms with Crippen molar-refractivity contribution in [3.05, 3.63) is 34.1 Å². The minimum absolute atomic E-state index is 0.149. The third-order valence-electron chi connectivity index (χ3n) is 2.90. The highest BCUT2D eigenvalue weighted by Gasteiger charge is 2.08. The number of hydrogen-bond donors (Lipinski definition) is 1. The molecule has 0 saturated heterocycles. The van der Waals surface area contributed by atoms with Gasteiger partial charge in [-0.3, -0.25) is 4.79 Å². The average molecular weight is 316 g/mol. The predicted octanol–water partition coefficient (Wildman–Crippen LogP) is 3.46. The number of rotatable bonds is 7. The van der Waals surface area contributed by atoms with Crippen molar-refractivity contribution in [2.45, 2.75) is 32.6 Å². The van der Waals surface area contributed by atoms with Gasteiger partial charge in [0.2, 0.25) is 0 Å². The lowest BCUT2D eigenvalue weighted by molar-refractivity contribution is -0.118. The van der Waals surface area contributed by atoms with Gasteiger partial charge in [0, 0.05) is 17.3 Å². The first-order chi connectivity index (χ1) is 8.51. The molecule has 18 heavy (non-hydrogen) atoms. The van der Waals surface area contributed by atoms with Crippen LogP contribution in [-0.2, 0) is 11.2 Å². The average Bonchev–Trinajstić information content (AvgIpc) is 2.25. The largest absolute Gasteiger partial charge is 0.330 e. The minimum atomic E-state index is -0.316. The van der Waals surface area contributed by atoms with Crippen molar-refractivity contribution in [1.82, 2.24) is 0 Å². The van der Waals surface area contributed by atoms with Gasteiger partial charge in [0.25, 0.3) is 0 Å². The molecule has 1 rings (SSSR count). The number of carbonyl (C=O) groups excluding carboxylic acids is 1. The summed E-state index contributed by atoms with van der Waals surface area (Å²) < 4.78 is 13.8. The highest BCUT2D eigenvalue weighted by molar-refractivity contribution is 9.10. The molecule has 0 heterocycles. The maximum absolute atomic E-state index is 13.1. The van der Waals surface area contributed by atoms with Crippen molar-refractivity contribution in [3.8, 4) is 0 Å². The first-order valence-electron chi connectivity index (χ1n) is 6.18. The van der Waals surface area contributed by atoms with Crippen molar-refractivity contribution in [2.24, 2.45) is 11.7 Å². The Labute approximate surface area is 116 Å². The monoisotopic (exact) mass is 315 g/mol. The lowest BCUT2D eigenvalue weighted by Crippen LogP contribution is -2.09. The summed E-state index contributed by atoms with van der Waals surface area (Å²) in [5.41, 5.74) is 6.18. The van der Waals surface area contributed by atoms with Crippen LogP contribution in [-0.4, -0.2) is 12.3 Å². The Morgan fingerprint density at radius 1 is 1.39 bits per heavy atom. The molecule has 1 atom stereocenters. The molecular weight excluding hydrogens is 297 g/mol. The van der Waals surface area contributed by atoms with Crippen molar-refractivity contribution >= 4 is 21.7 Å². The van der Waals surface area contributed by atoms with Gasteiger partial charge >= 0.3 is 0 Å². The highest BCUT2D eigenvalue weighted by Crippen LogP contribution is 2.17. The third kappa shape index (κ3) is 5.74. The van der Waals surface area contributed by atoms with E-state index in [0.29, 0.717) is 29.8 Å². The van der Waals surface area contributed by atoms with Crippen LogP contribution in [0.4, 0.5) is 4.39 Å². The summed E-state index contributed by atoms with van der Waals surface area (Å²) in [6.07, 6.45) is 2.63. The van der Waals surface area contributed by atoms with Gasteiger partial charge in [0.15, 0.2) is 0 Å². The predicted molar refractivity (Wildman–Crippen MR) is 74.9 cm³/mol. The van der Waals surface area contributed by atoms with Crippen LogP contribution >= 0.6 is 15.9 Å². The van der Waals surface area contributed by atoms with Gasteiger partial charge in [-0.2, -0.15) is 0 Å². The Hall–Kier alpha value is -0.740. The Morgan fingerprint density at radius 3 is 2.72 bits per heavy atom. The second-order valence-electron chi connectivity index (χ2n) is 4.71. The van der Waals surface area contributed by atoms with Crippen LogP contribution in [0.25, 0.3) is 0 Å². The summed E-state index contributed by atoms with van der Waals surface area (Å²) in [6.45, 7) is 2.76. The molecule has 0 aliphatic rings. The molecule has 0 aliphatic heterocycles. The fourth-order valence-electron chi connectivity index (χ4n) is 1.87. The number of hydrogen-bond acceptors (Lipinski definition) is 2. The van der Waals surface area contributed by atoms with Gasteiger partial charge in [-0.05, 0) is 49.1 Å². The molecule has 0 amide bonds. The molecule has 100 valence electrons. The van der Waals surface area contributed by atoms with Gasteiger partial charge in [-0.15, -0.1) is 0 Å². The number of benzene rings is 1. The molecule has 4 heteroatoms. The Morgan fingerprint density at radius 2 is 2.11 bits per heavy atom. The van der Waals surface area contributed by atoms with Crippen molar-refractivity contribution in [1.29, 1.82) is 0 Å². The van der Waals surface area contributed by atoms with Gasteiger partial charge in [-0.25, -0.2) is 4.39 Å². The van der Waals surface area contributed by atoms with Crippen LogP contribution < -0.4 is 5.73 Å².